The minimum Gasteiger partial charge on any atom is -0.495 e. The summed E-state index contributed by atoms with van der Waals surface area (Å²) >= 11 is 1.52. The summed E-state index contributed by atoms with van der Waals surface area (Å²) < 4.78 is 5.43. The molecule has 2 amide bonds. The summed E-state index contributed by atoms with van der Waals surface area (Å²) in [6.07, 6.45) is 3.51. The molecule has 0 aliphatic heterocycles. The maximum absolute atomic E-state index is 13.1. The number of benzene rings is 1. The van der Waals surface area contributed by atoms with Gasteiger partial charge < -0.3 is 15.0 Å². The van der Waals surface area contributed by atoms with Gasteiger partial charge in [-0.2, -0.15) is 0 Å². The number of amides is 2. The Bertz CT molecular complexity index is 791. The smallest absolute Gasteiger partial charge is 0.260 e. The second-order valence-electron chi connectivity index (χ2n) is 5.93. The second-order valence-corrected chi connectivity index (χ2v) is 6.75. The Morgan fingerprint density at radius 1 is 1.23 bits per heavy atom. The lowest BCUT2D eigenvalue weighted by molar-refractivity contribution is -0.114. The lowest BCUT2D eigenvalue weighted by Gasteiger charge is -2.29. The van der Waals surface area contributed by atoms with Crippen LogP contribution in [0.15, 0.2) is 41.6 Å². The minimum absolute atomic E-state index is 0.121. The molecular formula is C19H23N3O3S. The first-order valence-electron chi connectivity index (χ1n) is 8.16. The van der Waals surface area contributed by atoms with E-state index < -0.39 is 0 Å². The molecule has 1 aromatic heterocycles. The predicted molar refractivity (Wildman–Crippen MR) is 105 cm³/mol. The number of nitrogens with zero attached hydrogens (tertiary/aromatic N) is 2. The quantitative estimate of drug-likeness (QED) is 0.779. The molecule has 26 heavy (non-hydrogen) atoms. The average Bonchev–Trinajstić information content (AvgIpc) is 2.61. The molecule has 0 bridgehead atoms. The summed E-state index contributed by atoms with van der Waals surface area (Å²) in [4.78, 5) is 30.4. The van der Waals surface area contributed by atoms with Crippen molar-refractivity contribution in [3.63, 3.8) is 0 Å². The lowest BCUT2D eigenvalue weighted by Crippen LogP contribution is -2.37. The van der Waals surface area contributed by atoms with Gasteiger partial charge in [0.15, 0.2) is 0 Å². The van der Waals surface area contributed by atoms with Crippen LogP contribution in [0.25, 0.3) is 0 Å². The van der Waals surface area contributed by atoms with Crippen LogP contribution < -0.4 is 15.0 Å². The number of thioether (sulfide) groups is 1. The molecule has 0 aliphatic carbocycles. The molecular weight excluding hydrogens is 350 g/mol. The number of rotatable bonds is 6. The summed E-state index contributed by atoms with van der Waals surface area (Å²) in [5.74, 6) is 0.189. The van der Waals surface area contributed by atoms with Gasteiger partial charge in [0.05, 0.1) is 23.4 Å². The minimum atomic E-state index is -0.182. The SMILES string of the molecule is COc1ccc(NC(C)=O)cc1N(C(=O)c1ccc(SC)nc1)C(C)C. The van der Waals surface area contributed by atoms with Gasteiger partial charge in [-0.3, -0.25) is 9.59 Å². The number of hydrogen-bond donors (Lipinski definition) is 1. The topological polar surface area (TPSA) is 71.5 Å². The van der Waals surface area contributed by atoms with Crippen molar-refractivity contribution >= 4 is 35.0 Å². The van der Waals surface area contributed by atoms with E-state index in [1.165, 1.54) is 18.7 Å². The summed E-state index contributed by atoms with van der Waals surface area (Å²) in [6, 6.07) is 8.67. The van der Waals surface area contributed by atoms with Crippen LogP contribution >= 0.6 is 11.8 Å². The van der Waals surface area contributed by atoms with E-state index in [1.54, 1.807) is 42.5 Å². The van der Waals surface area contributed by atoms with E-state index in [4.69, 9.17) is 4.74 Å². The van der Waals surface area contributed by atoms with Crippen molar-refractivity contribution in [2.75, 3.05) is 23.6 Å². The van der Waals surface area contributed by atoms with Gasteiger partial charge in [0, 0.05) is 24.8 Å². The molecule has 7 heteroatoms. The number of pyridine rings is 1. The Morgan fingerprint density at radius 2 is 1.96 bits per heavy atom. The van der Waals surface area contributed by atoms with E-state index in [9.17, 15) is 9.59 Å². The van der Waals surface area contributed by atoms with Crippen LogP contribution in [0.1, 0.15) is 31.1 Å². The number of anilines is 2. The van der Waals surface area contributed by atoms with Crippen LogP contribution in [0.5, 0.6) is 5.75 Å². The molecule has 138 valence electrons. The zero-order chi connectivity index (χ0) is 19.3. The number of methoxy groups -OCH3 is 1. The standard InChI is InChI=1S/C19H23N3O3S/c1-12(2)22(19(24)14-6-9-18(26-5)20-11-14)16-10-15(21-13(3)23)7-8-17(16)25-4/h6-12H,1-5H3,(H,21,23). The van der Waals surface area contributed by atoms with Crippen LogP contribution in [0.3, 0.4) is 0 Å². The van der Waals surface area contributed by atoms with Gasteiger partial charge in [-0.05, 0) is 50.4 Å². The summed E-state index contributed by atoms with van der Waals surface area (Å²) in [6.45, 7) is 5.28. The lowest BCUT2D eigenvalue weighted by atomic mass is 10.1. The molecule has 0 saturated heterocycles. The van der Waals surface area contributed by atoms with Gasteiger partial charge in [-0.15, -0.1) is 11.8 Å². The Kier molecular flexibility index (Phi) is 6.63. The second kappa shape index (κ2) is 8.71. The highest BCUT2D eigenvalue weighted by molar-refractivity contribution is 7.98. The predicted octanol–water partition coefficient (Wildman–Crippen LogP) is 3.83. The third kappa shape index (κ3) is 4.54. The number of ether oxygens (including phenoxy) is 1. The number of nitrogens with one attached hydrogen (secondary N) is 1. The molecule has 0 unspecified atom stereocenters. The van der Waals surface area contributed by atoms with Crippen LogP contribution in [-0.2, 0) is 4.79 Å². The molecule has 0 fully saturated rings. The van der Waals surface area contributed by atoms with Gasteiger partial charge in [0.25, 0.3) is 5.91 Å². The molecule has 0 aliphatic rings. The number of aromatic nitrogens is 1. The van der Waals surface area contributed by atoms with Crippen molar-refractivity contribution in [1.82, 2.24) is 4.98 Å². The molecule has 2 rings (SSSR count). The van der Waals surface area contributed by atoms with Gasteiger partial charge in [-0.1, -0.05) is 0 Å². The molecule has 1 aromatic carbocycles. The van der Waals surface area contributed by atoms with E-state index in [1.807, 2.05) is 26.2 Å². The maximum atomic E-state index is 13.1. The van der Waals surface area contributed by atoms with E-state index in [0.29, 0.717) is 22.7 Å². The van der Waals surface area contributed by atoms with Crippen molar-refractivity contribution in [1.29, 1.82) is 0 Å². The zero-order valence-electron chi connectivity index (χ0n) is 15.6. The maximum Gasteiger partial charge on any atom is 0.260 e. The Morgan fingerprint density at radius 3 is 2.46 bits per heavy atom. The number of hydrogen-bond acceptors (Lipinski definition) is 5. The average molecular weight is 373 g/mol. The van der Waals surface area contributed by atoms with Crippen molar-refractivity contribution in [3.8, 4) is 5.75 Å². The Balaban J connectivity index is 2.47. The number of carbonyl (C=O) groups is 2. The van der Waals surface area contributed by atoms with E-state index in [-0.39, 0.29) is 17.9 Å². The summed E-state index contributed by atoms with van der Waals surface area (Å²) in [7, 11) is 1.55. The first-order valence-corrected chi connectivity index (χ1v) is 9.39. The fraction of sp³-hybridized carbons (Fsp3) is 0.316. The fourth-order valence-corrected chi connectivity index (χ4v) is 2.91. The fourth-order valence-electron chi connectivity index (χ4n) is 2.55. The monoisotopic (exact) mass is 373 g/mol. The largest absolute Gasteiger partial charge is 0.495 e. The van der Waals surface area contributed by atoms with Crippen LogP contribution in [-0.4, -0.2) is 36.2 Å². The van der Waals surface area contributed by atoms with Crippen LogP contribution in [0, 0.1) is 0 Å². The van der Waals surface area contributed by atoms with Gasteiger partial charge in [0.1, 0.15) is 5.75 Å². The van der Waals surface area contributed by atoms with Crippen molar-refractivity contribution in [2.45, 2.75) is 31.8 Å². The first kappa shape index (κ1) is 19.8. The molecule has 0 spiro atoms. The molecule has 1 N–H and O–H groups in total. The molecule has 2 aromatic rings. The highest BCUT2D eigenvalue weighted by atomic mass is 32.2. The van der Waals surface area contributed by atoms with E-state index in [2.05, 4.69) is 10.3 Å². The third-order valence-electron chi connectivity index (χ3n) is 3.69. The van der Waals surface area contributed by atoms with Gasteiger partial charge in [0.2, 0.25) is 5.91 Å². The van der Waals surface area contributed by atoms with E-state index in [0.717, 1.165) is 5.03 Å². The Hall–Kier alpha value is -2.54. The van der Waals surface area contributed by atoms with Crippen LogP contribution in [0.4, 0.5) is 11.4 Å². The summed E-state index contributed by atoms with van der Waals surface area (Å²) in [5.41, 5.74) is 1.68. The molecule has 0 saturated carbocycles. The van der Waals surface area contributed by atoms with Crippen molar-refractivity contribution < 1.29 is 14.3 Å². The summed E-state index contributed by atoms with van der Waals surface area (Å²) in [5, 5.41) is 3.59. The van der Waals surface area contributed by atoms with E-state index >= 15 is 0 Å². The highest BCUT2D eigenvalue weighted by Gasteiger charge is 2.24. The van der Waals surface area contributed by atoms with Crippen LogP contribution in [0.2, 0.25) is 0 Å². The van der Waals surface area contributed by atoms with Gasteiger partial charge >= 0.3 is 0 Å². The zero-order valence-corrected chi connectivity index (χ0v) is 16.4. The van der Waals surface area contributed by atoms with Gasteiger partial charge in [-0.25, -0.2) is 4.98 Å². The highest BCUT2D eigenvalue weighted by Crippen LogP contribution is 2.33. The molecule has 0 radical (unpaired) electrons. The Labute approximate surface area is 157 Å². The number of carbonyl (C=O) groups excluding carboxylic acids is 2. The molecule has 1 heterocycles. The van der Waals surface area contributed by atoms with Crippen molar-refractivity contribution in [3.05, 3.63) is 42.1 Å². The third-order valence-corrected chi connectivity index (χ3v) is 4.35. The van der Waals surface area contributed by atoms with Crippen molar-refractivity contribution in [2.24, 2.45) is 0 Å². The molecule has 6 nitrogen and oxygen atoms in total. The normalized spacial score (nSPS) is 10.5. The first-order chi connectivity index (χ1) is 12.4. The molecule has 0 atom stereocenters.